The van der Waals surface area contributed by atoms with Gasteiger partial charge in [0.15, 0.2) is 0 Å². The lowest BCUT2D eigenvalue weighted by molar-refractivity contribution is 0.102. The number of thiol groups is 1. The van der Waals surface area contributed by atoms with Gasteiger partial charge in [-0.3, -0.25) is 9.78 Å². The molecule has 0 radical (unpaired) electrons. The maximum Gasteiger partial charge on any atom is 0.255 e. The molecule has 1 N–H and O–H groups in total. The molecular formula is C16H11ClN2OS. The molecule has 1 heterocycles. The quantitative estimate of drug-likeness (QED) is 0.687. The lowest BCUT2D eigenvalue weighted by Crippen LogP contribution is -2.12. The number of carbonyl (C=O) groups excluding carboxylic acids is 1. The van der Waals surface area contributed by atoms with E-state index in [1.54, 1.807) is 36.5 Å². The molecular weight excluding hydrogens is 304 g/mol. The topological polar surface area (TPSA) is 42.0 Å². The van der Waals surface area contributed by atoms with Crippen LogP contribution in [0.4, 0.5) is 5.69 Å². The lowest BCUT2D eigenvalue weighted by Gasteiger charge is -2.09. The number of halogens is 1. The molecule has 104 valence electrons. The smallest absolute Gasteiger partial charge is 0.255 e. The van der Waals surface area contributed by atoms with E-state index >= 15 is 0 Å². The van der Waals surface area contributed by atoms with E-state index in [0.717, 1.165) is 10.3 Å². The van der Waals surface area contributed by atoms with Crippen LogP contribution in [0.5, 0.6) is 0 Å². The lowest BCUT2D eigenvalue weighted by atomic mass is 10.1. The molecule has 0 fully saturated rings. The Kier molecular flexibility index (Phi) is 3.82. The number of hydrogen-bond acceptors (Lipinski definition) is 3. The van der Waals surface area contributed by atoms with Crippen LogP contribution in [0.3, 0.4) is 0 Å². The second kappa shape index (κ2) is 5.76. The average Bonchev–Trinajstić information content (AvgIpc) is 2.50. The Morgan fingerprint density at radius 1 is 1.14 bits per heavy atom. The third kappa shape index (κ3) is 2.86. The van der Waals surface area contributed by atoms with Crippen LogP contribution in [0.2, 0.25) is 5.02 Å². The van der Waals surface area contributed by atoms with Crippen molar-refractivity contribution in [2.75, 3.05) is 5.32 Å². The minimum Gasteiger partial charge on any atom is -0.320 e. The first-order valence-corrected chi connectivity index (χ1v) is 7.11. The summed E-state index contributed by atoms with van der Waals surface area (Å²) in [6.45, 7) is 0. The Hall–Kier alpha value is -2.04. The first kappa shape index (κ1) is 13.9. The predicted molar refractivity (Wildman–Crippen MR) is 88.4 cm³/mol. The predicted octanol–water partition coefficient (Wildman–Crippen LogP) is 4.43. The SMILES string of the molecule is O=C(Nc1ccc(Cl)c2cccnc12)c1cccc(S)c1. The zero-order chi connectivity index (χ0) is 14.8. The summed E-state index contributed by atoms with van der Waals surface area (Å²) in [6.07, 6.45) is 1.67. The van der Waals surface area contributed by atoms with Gasteiger partial charge in [-0.1, -0.05) is 17.7 Å². The van der Waals surface area contributed by atoms with E-state index < -0.39 is 0 Å². The van der Waals surface area contributed by atoms with E-state index in [1.807, 2.05) is 18.2 Å². The van der Waals surface area contributed by atoms with Gasteiger partial charge in [0.05, 0.1) is 16.2 Å². The third-order valence-electron chi connectivity index (χ3n) is 3.07. The first-order valence-electron chi connectivity index (χ1n) is 6.29. The van der Waals surface area contributed by atoms with Crippen molar-refractivity contribution in [1.29, 1.82) is 0 Å². The summed E-state index contributed by atoms with van der Waals surface area (Å²) in [7, 11) is 0. The van der Waals surface area contributed by atoms with Gasteiger partial charge in [-0.05, 0) is 42.5 Å². The van der Waals surface area contributed by atoms with Crippen LogP contribution in [-0.2, 0) is 0 Å². The maximum absolute atomic E-state index is 12.3. The zero-order valence-electron chi connectivity index (χ0n) is 10.9. The number of carbonyl (C=O) groups is 1. The number of fused-ring (bicyclic) bond motifs is 1. The molecule has 0 aliphatic carbocycles. The van der Waals surface area contributed by atoms with E-state index in [-0.39, 0.29) is 5.91 Å². The van der Waals surface area contributed by atoms with Crippen molar-refractivity contribution >= 4 is 46.7 Å². The van der Waals surface area contributed by atoms with Crippen molar-refractivity contribution in [3.63, 3.8) is 0 Å². The van der Waals surface area contributed by atoms with E-state index in [9.17, 15) is 4.79 Å². The molecule has 1 amide bonds. The van der Waals surface area contributed by atoms with E-state index in [2.05, 4.69) is 22.9 Å². The number of amides is 1. The Bertz CT molecular complexity index is 835. The molecule has 21 heavy (non-hydrogen) atoms. The van der Waals surface area contributed by atoms with Crippen LogP contribution >= 0.6 is 24.2 Å². The van der Waals surface area contributed by atoms with Crippen molar-refractivity contribution in [3.8, 4) is 0 Å². The number of nitrogens with one attached hydrogen (secondary N) is 1. The molecule has 3 rings (SSSR count). The highest BCUT2D eigenvalue weighted by molar-refractivity contribution is 7.80. The summed E-state index contributed by atoms with van der Waals surface area (Å²) in [4.78, 5) is 17.3. The molecule has 3 aromatic rings. The van der Waals surface area contributed by atoms with Gasteiger partial charge in [-0.2, -0.15) is 0 Å². The van der Waals surface area contributed by atoms with Crippen molar-refractivity contribution < 1.29 is 4.79 Å². The maximum atomic E-state index is 12.3. The van der Waals surface area contributed by atoms with Gasteiger partial charge in [0.25, 0.3) is 5.91 Å². The second-order valence-electron chi connectivity index (χ2n) is 4.50. The molecule has 0 saturated heterocycles. The van der Waals surface area contributed by atoms with Gasteiger partial charge >= 0.3 is 0 Å². The molecule has 3 nitrogen and oxygen atoms in total. The molecule has 0 aliphatic rings. The summed E-state index contributed by atoms with van der Waals surface area (Å²) >= 11 is 10.4. The van der Waals surface area contributed by atoms with Gasteiger partial charge in [0, 0.05) is 22.0 Å². The van der Waals surface area contributed by atoms with Crippen molar-refractivity contribution in [2.45, 2.75) is 4.90 Å². The number of pyridine rings is 1. The van der Waals surface area contributed by atoms with Gasteiger partial charge in [0.1, 0.15) is 0 Å². The molecule has 1 aromatic heterocycles. The fraction of sp³-hybridized carbons (Fsp3) is 0. The highest BCUT2D eigenvalue weighted by Gasteiger charge is 2.10. The van der Waals surface area contributed by atoms with Crippen molar-refractivity contribution in [2.24, 2.45) is 0 Å². The van der Waals surface area contributed by atoms with Crippen LogP contribution in [0, 0.1) is 0 Å². The fourth-order valence-electron chi connectivity index (χ4n) is 2.08. The molecule has 0 atom stereocenters. The van der Waals surface area contributed by atoms with E-state index in [1.165, 1.54) is 0 Å². The summed E-state index contributed by atoms with van der Waals surface area (Å²) in [5, 5.41) is 4.27. The van der Waals surface area contributed by atoms with Crippen LogP contribution < -0.4 is 5.32 Å². The van der Waals surface area contributed by atoms with Gasteiger partial charge in [-0.25, -0.2) is 0 Å². The minimum atomic E-state index is -0.208. The van der Waals surface area contributed by atoms with Crippen LogP contribution in [0.1, 0.15) is 10.4 Å². The third-order valence-corrected chi connectivity index (χ3v) is 3.68. The largest absolute Gasteiger partial charge is 0.320 e. The molecule has 0 saturated carbocycles. The number of anilines is 1. The van der Waals surface area contributed by atoms with Crippen LogP contribution in [-0.4, -0.2) is 10.9 Å². The summed E-state index contributed by atoms with van der Waals surface area (Å²) in [5.74, 6) is -0.208. The van der Waals surface area contributed by atoms with Crippen LogP contribution in [0.25, 0.3) is 10.9 Å². The fourth-order valence-corrected chi connectivity index (χ4v) is 2.52. The molecule has 0 aliphatic heterocycles. The monoisotopic (exact) mass is 314 g/mol. The van der Waals surface area contributed by atoms with E-state index in [4.69, 9.17) is 11.6 Å². The molecule has 0 spiro atoms. The number of benzene rings is 2. The second-order valence-corrected chi connectivity index (χ2v) is 5.42. The number of hydrogen-bond donors (Lipinski definition) is 2. The average molecular weight is 315 g/mol. The Balaban J connectivity index is 1.99. The standard InChI is InChI=1S/C16H11ClN2OS/c17-13-6-7-14(15-12(13)5-2-8-18-15)19-16(20)10-3-1-4-11(21)9-10/h1-9,21H,(H,19,20). The highest BCUT2D eigenvalue weighted by Crippen LogP contribution is 2.28. The number of aromatic nitrogens is 1. The molecule has 0 unspecified atom stereocenters. The summed E-state index contributed by atoms with van der Waals surface area (Å²) < 4.78 is 0. The van der Waals surface area contributed by atoms with Crippen LogP contribution in [0.15, 0.2) is 59.6 Å². The summed E-state index contributed by atoms with van der Waals surface area (Å²) in [6, 6.07) is 14.2. The van der Waals surface area contributed by atoms with Gasteiger partial charge in [0.2, 0.25) is 0 Å². The van der Waals surface area contributed by atoms with E-state index in [0.29, 0.717) is 21.8 Å². The molecule has 5 heteroatoms. The summed E-state index contributed by atoms with van der Waals surface area (Å²) in [5.41, 5.74) is 1.84. The van der Waals surface area contributed by atoms with Gasteiger partial charge in [-0.15, -0.1) is 12.6 Å². The minimum absolute atomic E-state index is 0.208. The number of nitrogens with zero attached hydrogens (tertiary/aromatic N) is 1. The van der Waals surface area contributed by atoms with Crippen molar-refractivity contribution in [1.82, 2.24) is 4.98 Å². The Morgan fingerprint density at radius 3 is 2.81 bits per heavy atom. The Labute approximate surface area is 132 Å². The zero-order valence-corrected chi connectivity index (χ0v) is 12.5. The number of rotatable bonds is 2. The molecule has 0 bridgehead atoms. The Morgan fingerprint density at radius 2 is 2.00 bits per heavy atom. The normalized spacial score (nSPS) is 10.6. The first-order chi connectivity index (χ1) is 10.1. The highest BCUT2D eigenvalue weighted by atomic mass is 35.5. The molecule has 2 aromatic carbocycles. The van der Waals surface area contributed by atoms with Crippen molar-refractivity contribution in [3.05, 3.63) is 65.3 Å². The van der Waals surface area contributed by atoms with Gasteiger partial charge < -0.3 is 5.32 Å².